The molecular formula is C10H14N4. The van der Waals surface area contributed by atoms with E-state index in [9.17, 15) is 0 Å². The first-order chi connectivity index (χ1) is 6.75. The summed E-state index contributed by atoms with van der Waals surface area (Å²) in [6, 6.07) is 2.92. The minimum Gasteiger partial charge on any atom is -0.352 e. The molecule has 4 heteroatoms. The fraction of sp³-hybridized carbons (Fsp3) is 0.600. The number of rotatable bonds is 1. The Morgan fingerprint density at radius 1 is 1.50 bits per heavy atom. The Hall–Kier alpha value is -1.16. The summed E-state index contributed by atoms with van der Waals surface area (Å²) in [6.07, 6.45) is 2.87. The minimum absolute atomic E-state index is 0.366. The van der Waals surface area contributed by atoms with Gasteiger partial charge in [-0.05, 0) is 19.3 Å². The van der Waals surface area contributed by atoms with E-state index in [1.807, 2.05) is 13.0 Å². The van der Waals surface area contributed by atoms with E-state index in [-0.39, 0.29) is 0 Å². The van der Waals surface area contributed by atoms with Crippen LogP contribution in [0, 0.1) is 12.8 Å². The lowest BCUT2D eigenvalue weighted by molar-refractivity contribution is 0.311. The van der Waals surface area contributed by atoms with Crippen LogP contribution in [0.1, 0.15) is 12.1 Å². The van der Waals surface area contributed by atoms with Crippen molar-refractivity contribution in [3.8, 4) is 0 Å². The molecule has 1 aliphatic carbocycles. The number of fused-ring (bicyclic) bond motifs is 1. The zero-order valence-corrected chi connectivity index (χ0v) is 8.22. The van der Waals surface area contributed by atoms with Gasteiger partial charge in [0.05, 0.1) is 0 Å². The Bertz CT molecular complexity index is 365. The molecule has 4 rings (SSSR count). The molecule has 2 saturated heterocycles. The van der Waals surface area contributed by atoms with Gasteiger partial charge in [0.1, 0.15) is 12.1 Å². The maximum atomic E-state index is 6.01. The van der Waals surface area contributed by atoms with Crippen molar-refractivity contribution in [1.82, 2.24) is 9.97 Å². The maximum Gasteiger partial charge on any atom is 0.132 e. The zero-order valence-electron chi connectivity index (χ0n) is 8.22. The second-order valence-electron chi connectivity index (χ2n) is 4.31. The zero-order chi connectivity index (χ0) is 9.71. The molecule has 0 aromatic carbocycles. The number of nitrogens with zero attached hydrogens (tertiary/aromatic N) is 3. The highest BCUT2D eigenvalue weighted by molar-refractivity contribution is 5.45. The fourth-order valence-corrected chi connectivity index (χ4v) is 2.52. The van der Waals surface area contributed by atoms with Crippen LogP contribution in [0.3, 0.4) is 0 Å². The predicted octanol–water partition coefficient (Wildman–Crippen LogP) is 0.321. The van der Waals surface area contributed by atoms with Gasteiger partial charge < -0.3 is 10.6 Å². The van der Waals surface area contributed by atoms with Gasteiger partial charge in [0.15, 0.2) is 0 Å². The molecule has 2 N–H and O–H groups in total. The van der Waals surface area contributed by atoms with Crippen LogP contribution in [0.2, 0.25) is 0 Å². The van der Waals surface area contributed by atoms with Gasteiger partial charge >= 0.3 is 0 Å². The van der Waals surface area contributed by atoms with Crippen molar-refractivity contribution in [2.75, 3.05) is 11.4 Å². The van der Waals surface area contributed by atoms with E-state index in [4.69, 9.17) is 5.73 Å². The first-order valence-electron chi connectivity index (χ1n) is 5.06. The number of nitrogens with two attached hydrogens (primary N) is 1. The summed E-state index contributed by atoms with van der Waals surface area (Å²) in [5, 5.41) is 0. The topological polar surface area (TPSA) is 55.0 Å². The minimum atomic E-state index is 0.366. The van der Waals surface area contributed by atoms with Crippen molar-refractivity contribution in [2.45, 2.75) is 25.4 Å². The molecule has 1 aromatic rings. The third-order valence-electron chi connectivity index (χ3n) is 3.45. The monoisotopic (exact) mass is 190 g/mol. The largest absolute Gasteiger partial charge is 0.352 e. The summed E-state index contributed by atoms with van der Waals surface area (Å²) >= 11 is 0. The van der Waals surface area contributed by atoms with Crippen LogP contribution in [0.15, 0.2) is 12.4 Å². The number of hydrogen-bond donors (Lipinski definition) is 1. The third-order valence-corrected chi connectivity index (χ3v) is 3.45. The van der Waals surface area contributed by atoms with Crippen molar-refractivity contribution < 1.29 is 0 Å². The van der Waals surface area contributed by atoms with Gasteiger partial charge in [-0.2, -0.15) is 0 Å². The van der Waals surface area contributed by atoms with Gasteiger partial charge in [0.2, 0.25) is 0 Å². The quantitative estimate of drug-likeness (QED) is 0.693. The number of hydrogen-bond acceptors (Lipinski definition) is 4. The summed E-state index contributed by atoms with van der Waals surface area (Å²) in [6.45, 7) is 3.06. The van der Waals surface area contributed by atoms with E-state index in [1.54, 1.807) is 6.33 Å². The standard InChI is InChI=1S/C10H14N4/c1-6-2-9(13-5-12-6)14-4-7-3-8(14)10(7)11/h2,5,7-8,10H,3-4,11H2,1H3. The van der Waals surface area contributed by atoms with Crippen LogP contribution in [0.25, 0.3) is 0 Å². The lowest BCUT2D eigenvalue weighted by atomic mass is 9.81. The molecule has 0 spiro atoms. The van der Waals surface area contributed by atoms with Crippen molar-refractivity contribution in [1.29, 1.82) is 0 Å². The van der Waals surface area contributed by atoms with E-state index in [1.165, 1.54) is 6.42 Å². The number of anilines is 1. The second-order valence-corrected chi connectivity index (χ2v) is 4.31. The van der Waals surface area contributed by atoms with Crippen LogP contribution >= 0.6 is 0 Å². The first-order valence-corrected chi connectivity index (χ1v) is 5.06. The molecule has 2 bridgehead atoms. The second kappa shape index (κ2) is 2.67. The van der Waals surface area contributed by atoms with Crippen molar-refractivity contribution in [3.05, 3.63) is 18.1 Å². The average Bonchev–Trinajstić information content (AvgIpc) is 2.74. The van der Waals surface area contributed by atoms with E-state index >= 15 is 0 Å². The Morgan fingerprint density at radius 3 is 2.93 bits per heavy atom. The lowest BCUT2D eigenvalue weighted by Crippen LogP contribution is -2.49. The third kappa shape index (κ3) is 0.973. The molecule has 14 heavy (non-hydrogen) atoms. The molecular weight excluding hydrogens is 176 g/mol. The predicted molar refractivity (Wildman–Crippen MR) is 54.0 cm³/mol. The Kier molecular flexibility index (Phi) is 1.56. The molecule has 1 aromatic heterocycles. The van der Waals surface area contributed by atoms with Crippen molar-refractivity contribution in [2.24, 2.45) is 11.7 Å². The molecule has 3 unspecified atom stereocenters. The number of aryl methyl sites for hydroxylation is 1. The Balaban J connectivity index is 1.90. The smallest absolute Gasteiger partial charge is 0.132 e. The van der Waals surface area contributed by atoms with Crippen LogP contribution in [0.5, 0.6) is 0 Å². The van der Waals surface area contributed by atoms with Crippen LogP contribution in [0.4, 0.5) is 5.82 Å². The molecule has 3 heterocycles. The Morgan fingerprint density at radius 2 is 2.36 bits per heavy atom. The van der Waals surface area contributed by atoms with Crippen molar-refractivity contribution >= 4 is 5.82 Å². The molecule has 2 aliphatic heterocycles. The number of aromatic nitrogens is 2. The van der Waals surface area contributed by atoms with E-state index in [2.05, 4.69) is 14.9 Å². The highest BCUT2D eigenvalue weighted by atomic mass is 15.3. The molecule has 4 nitrogen and oxygen atoms in total. The van der Waals surface area contributed by atoms with Crippen LogP contribution < -0.4 is 10.6 Å². The van der Waals surface area contributed by atoms with Crippen LogP contribution in [-0.4, -0.2) is 28.6 Å². The molecule has 0 radical (unpaired) electrons. The fourth-order valence-electron chi connectivity index (χ4n) is 2.52. The maximum absolute atomic E-state index is 6.01. The van der Waals surface area contributed by atoms with Gasteiger partial charge in [-0.15, -0.1) is 0 Å². The van der Waals surface area contributed by atoms with Crippen LogP contribution in [-0.2, 0) is 0 Å². The van der Waals surface area contributed by atoms with E-state index in [0.29, 0.717) is 18.0 Å². The SMILES string of the molecule is Cc1cc(N2CC3CC2C3N)ncn1. The molecule has 74 valence electrons. The highest BCUT2D eigenvalue weighted by Gasteiger charge is 2.50. The highest BCUT2D eigenvalue weighted by Crippen LogP contribution is 2.41. The van der Waals surface area contributed by atoms with Gasteiger partial charge in [-0.1, -0.05) is 0 Å². The van der Waals surface area contributed by atoms with E-state index < -0.39 is 0 Å². The van der Waals surface area contributed by atoms with Crippen molar-refractivity contribution in [3.63, 3.8) is 0 Å². The molecule has 3 fully saturated rings. The Labute approximate surface area is 83.1 Å². The molecule has 1 saturated carbocycles. The average molecular weight is 190 g/mol. The normalized spacial score (nSPS) is 34.4. The first kappa shape index (κ1) is 8.17. The summed E-state index contributed by atoms with van der Waals surface area (Å²) in [7, 11) is 0. The summed E-state index contributed by atoms with van der Waals surface area (Å²) < 4.78 is 0. The lowest BCUT2D eigenvalue weighted by Gasteiger charge is -2.33. The van der Waals surface area contributed by atoms with Gasteiger partial charge in [-0.3, -0.25) is 0 Å². The molecule has 3 atom stereocenters. The van der Waals surface area contributed by atoms with E-state index in [0.717, 1.165) is 18.1 Å². The molecule has 3 aliphatic rings. The molecule has 0 amide bonds. The van der Waals surface area contributed by atoms with Gasteiger partial charge in [0.25, 0.3) is 0 Å². The summed E-state index contributed by atoms with van der Waals surface area (Å²) in [5.41, 5.74) is 7.03. The summed E-state index contributed by atoms with van der Waals surface area (Å²) in [5.74, 6) is 1.73. The van der Waals surface area contributed by atoms with Gasteiger partial charge in [0, 0.05) is 30.4 Å². The van der Waals surface area contributed by atoms with Gasteiger partial charge in [-0.25, -0.2) is 9.97 Å². The summed E-state index contributed by atoms with van der Waals surface area (Å²) in [4.78, 5) is 10.7.